The van der Waals surface area contributed by atoms with Gasteiger partial charge in [-0.2, -0.15) is 0 Å². The first-order valence-corrected chi connectivity index (χ1v) is 5.11. The number of nitrogens with zero attached hydrogens (tertiary/aromatic N) is 1. The van der Waals surface area contributed by atoms with Gasteiger partial charge in [-0.15, -0.1) is 12.3 Å². The number of likely N-dealkylation sites (tertiary alicyclic amines) is 1. The molecule has 74 valence electrons. The molecule has 1 saturated heterocycles. The molecular formula is C11H19NO. The van der Waals surface area contributed by atoms with Crippen LogP contribution in [0, 0.1) is 18.3 Å². The highest BCUT2D eigenvalue weighted by Crippen LogP contribution is 2.19. The van der Waals surface area contributed by atoms with Gasteiger partial charge >= 0.3 is 0 Å². The third kappa shape index (κ3) is 3.02. The van der Waals surface area contributed by atoms with E-state index in [0.29, 0.717) is 5.92 Å². The molecule has 2 unspecified atom stereocenters. The SMILES string of the molecule is C#CCCN1CCC(O)C(CC)C1. The third-order valence-corrected chi connectivity index (χ3v) is 2.87. The van der Waals surface area contributed by atoms with E-state index in [1.54, 1.807) is 0 Å². The van der Waals surface area contributed by atoms with E-state index in [1.165, 1.54) is 0 Å². The minimum absolute atomic E-state index is 0.0907. The van der Waals surface area contributed by atoms with Gasteiger partial charge in [0.2, 0.25) is 0 Å². The van der Waals surface area contributed by atoms with E-state index in [4.69, 9.17) is 6.42 Å². The molecule has 2 heteroatoms. The smallest absolute Gasteiger partial charge is 0.0592 e. The lowest BCUT2D eigenvalue weighted by Crippen LogP contribution is -2.43. The molecule has 0 radical (unpaired) electrons. The van der Waals surface area contributed by atoms with Gasteiger partial charge in [0.1, 0.15) is 0 Å². The molecule has 0 amide bonds. The van der Waals surface area contributed by atoms with E-state index in [1.807, 2.05) is 0 Å². The first kappa shape index (κ1) is 10.6. The number of aliphatic hydroxyl groups excluding tert-OH is 1. The molecule has 1 N–H and O–H groups in total. The van der Waals surface area contributed by atoms with E-state index in [-0.39, 0.29) is 6.10 Å². The average Bonchev–Trinajstić information content (AvgIpc) is 2.16. The molecule has 0 aromatic heterocycles. The van der Waals surface area contributed by atoms with Crippen molar-refractivity contribution in [2.24, 2.45) is 5.92 Å². The zero-order valence-electron chi connectivity index (χ0n) is 8.37. The van der Waals surface area contributed by atoms with Crippen LogP contribution >= 0.6 is 0 Å². The van der Waals surface area contributed by atoms with Gasteiger partial charge in [0, 0.05) is 26.1 Å². The quantitative estimate of drug-likeness (QED) is 0.659. The molecule has 0 spiro atoms. The average molecular weight is 181 g/mol. The Labute approximate surface area is 80.9 Å². The van der Waals surface area contributed by atoms with Crippen molar-refractivity contribution in [2.75, 3.05) is 19.6 Å². The second kappa shape index (κ2) is 5.26. The van der Waals surface area contributed by atoms with Gasteiger partial charge in [0.05, 0.1) is 6.10 Å². The highest BCUT2D eigenvalue weighted by Gasteiger charge is 2.25. The van der Waals surface area contributed by atoms with E-state index >= 15 is 0 Å². The predicted molar refractivity (Wildman–Crippen MR) is 54.3 cm³/mol. The molecule has 0 aliphatic carbocycles. The molecule has 0 aromatic rings. The van der Waals surface area contributed by atoms with Crippen LogP contribution in [0.25, 0.3) is 0 Å². The molecule has 0 saturated carbocycles. The van der Waals surface area contributed by atoms with Gasteiger partial charge in [-0.05, 0) is 18.8 Å². The Kier molecular flexibility index (Phi) is 4.27. The lowest BCUT2D eigenvalue weighted by atomic mass is 9.92. The van der Waals surface area contributed by atoms with E-state index in [9.17, 15) is 5.11 Å². The fraction of sp³-hybridized carbons (Fsp3) is 0.818. The largest absolute Gasteiger partial charge is 0.393 e. The highest BCUT2D eigenvalue weighted by molar-refractivity contribution is 4.87. The predicted octanol–water partition coefficient (Wildman–Crippen LogP) is 1.10. The minimum Gasteiger partial charge on any atom is -0.393 e. The zero-order valence-corrected chi connectivity index (χ0v) is 8.37. The van der Waals surface area contributed by atoms with Crippen molar-refractivity contribution >= 4 is 0 Å². The van der Waals surface area contributed by atoms with Gasteiger partial charge < -0.3 is 10.0 Å². The minimum atomic E-state index is -0.0907. The number of hydrogen-bond donors (Lipinski definition) is 1. The molecule has 0 aromatic carbocycles. The van der Waals surface area contributed by atoms with Crippen molar-refractivity contribution in [3.63, 3.8) is 0 Å². The molecule has 1 aliphatic rings. The fourth-order valence-corrected chi connectivity index (χ4v) is 1.92. The van der Waals surface area contributed by atoms with E-state index < -0.39 is 0 Å². The van der Waals surface area contributed by atoms with Crippen LogP contribution in [-0.2, 0) is 0 Å². The molecule has 1 fully saturated rings. The van der Waals surface area contributed by atoms with Crippen LogP contribution in [0.4, 0.5) is 0 Å². The first-order valence-electron chi connectivity index (χ1n) is 5.11. The Morgan fingerprint density at radius 1 is 1.62 bits per heavy atom. The molecule has 1 rings (SSSR count). The van der Waals surface area contributed by atoms with E-state index in [0.717, 1.165) is 38.9 Å². The summed E-state index contributed by atoms with van der Waals surface area (Å²) in [5.74, 6) is 3.11. The lowest BCUT2D eigenvalue weighted by molar-refractivity contribution is 0.0260. The third-order valence-electron chi connectivity index (χ3n) is 2.87. The highest BCUT2D eigenvalue weighted by atomic mass is 16.3. The Hall–Kier alpha value is -0.520. The van der Waals surface area contributed by atoms with Gasteiger partial charge in [0.25, 0.3) is 0 Å². The Balaban J connectivity index is 2.32. The summed E-state index contributed by atoms with van der Waals surface area (Å²) >= 11 is 0. The van der Waals surface area contributed by atoms with Crippen LogP contribution in [0.5, 0.6) is 0 Å². The monoisotopic (exact) mass is 181 g/mol. The van der Waals surface area contributed by atoms with Crippen LogP contribution in [0.1, 0.15) is 26.2 Å². The molecule has 1 aliphatic heterocycles. The summed E-state index contributed by atoms with van der Waals surface area (Å²) < 4.78 is 0. The molecule has 0 bridgehead atoms. The topological polar surface area (TPSA) is 23.5 Å². The number of hydrogen-bond acceptors (Lipinski definition) is 2. The van der Waals surface area contributed by atoms with Crippen molar-refractivity contribution in [3.05, 3.63) is 0 Å². The van der Waals surface area contributed by atoms with Gasteiger partial charge in [-0.3, -0.25) is 0 Å². The Bertz CT molecular complexity index is 185. The van der Waals surface area contributed by atoms with Crippen molar-refractivity contribution in [3.8, 4) is 12.3 Å². The summed E-state index contributed by atoms with van der Waals surface area (Å²) in [6, 6.07) is 0. The number of piperidine rings is 1. The normalized spacial score (nSPS) is 29.9. The molecule has 13 heavy (non-hydrogen) atoms. The summed E-state index contributed by atoms with van der Waals surface area (Å²) in [7, 11) is 0. The fourth-order valence-electron chi connectivity index (χ4n) is 1.92. The van der Waals surface area contributed by atoms with E-state index in [2.05, 4.69) is 17.7 Å². The maximum Gasteiger partial charge on any atom is 0.0592 e. The molecular weight excluding hydrogens is 162 g/mol. The summed E-state index contributed by atoms with van der Waals surface area (Å²) in [6.45, 7) is 5.14. The summed E-state index contributed by atoms with van der Waals surface area (Å²) in [5, 5.41) is 9.65. The molecule has 1 heterocycles. The second-order valence-electron chi connectivity index (χ2n) is 3.78. The van der Waals surface area contributed by atoms with Crippen LogP contribution < -0.4 is 0 Å². The molecule has 2 atom stereocenters. The standard InChI is InChI=1S/C11H19NO/c1-3-5-7-12-8-6-11(13)10(4-2)9-12/h1,10-11,13H,4-9H2,2H3. The van der Waals surface area contributed by atoms with Crippen LogP contribution in [-0.4, -0.2) is 35.7 Å². The summed E-state index contributed by atoms with van der Waals surface area (Å²) in [5.41, 5.74) is 0. The second-order valence-corrected chi connectivity index (χ2v) is 3.78. The van der Waals surface area contributed by atoms with Crippen LogP contribution in [0.3, 0.4) is 0 Å². The maximum atomic E-state index is 9.65. The van der Waals surface area contributed by atoms with Crippen LogP contribution in [0.15, 0.2) is 0 Å². The van der Waals surface area contributed by atoms with Gasteiger partial charge in [-0.1, -0.05) is 6.92 Å². The Morgan fingerprint density at radius 3 is 3.00 bits per heavy atom. The number of terminal acetylenes is 1. The first-order chi connectivity index (χ1) is 6.27. The lowest BCUT2D eigenvalue weighted by Gasteiger charge is -2.35. The van der Waals surface area contributed by atoms with Crippen molar-refractivity contribution < 1.29 is 5.11 Å². The number of rotatable bonds is 3. The van der Waals surface area contributed by atoms with Crippen LogP contribution in [0.2, 0.25) is 0 Å². The zero-order chi connectivity index (χ0) is 9.68. The molecule has 2 nitrogen and oxygen atoms in total. The van der Waals surface area contributed by atoms with Crippen molar-refractivity contribution in [1.82, 2.24) is 4.90 Å². The summed E-state index contributed by atoms with van der Waals surface area (Å²) in [6.07, 6.45) is 7.92. The van der Waals surface area contributed by atoms with Crippen molar-refractivity contribution in [1.29, 1.82) is 0 Å². The summed E-state index contributed by atoms with van der Waals surface area (Å²) in [4.78, 5) is 2.36. The van der Waals surface area contributed by atoms with Gasteiger partial charge in [0.15, 0.2) is 0 Å². The Morgan fingerprint density at radius 2 is 2.38 bits per heavy atom. The van der Waals surface area contributed by atoms with Crippen molar-refractivity contribution in [2.45, 2.75) is 32.3 Å². The number of aliphatic hydroxyl groups is 1. The van der Waals surface area contributed by atoms with Gasteiger partial charge in [-0.25, -0.2) is 0 Å². The maximum absolute atomic E-state index is 9.65.